The molecule has 27 heavy (non-hydrogen) atoms. The molecule has 1 aliphatic rings. The molecule has 0 aliphatic heterocycles. The highest BCUT2D eigenvalue weighted by Crippen LogP contribution is 2.24. The molecule has 1 aliphatic carbocycles. The van der Waals surface area contributed by atoms with Gasteiger partial charge in [-0.1, -0.05) is 12.1 Å². The normalized spacial score (nSPS) is 20.8. The number of hydrogen-bond acceptors (Lipinski definition) is 5. The van der Waals surface area contributed by atoms with E-state index in [4.69, 9.17) is 9.15 Å². The van der Waals surface area contributed by atoms with E-state index in [2.05, 4.69) is 10.6 Å². The maximum absolute atomic E-state index is 12.5. The lowest BCUT2D eigenvalue weighted by Gasteiger charge is -2.29. The van der Waals surface area contributed by atoms with Crippen molar-refractivity contribution < 1.29 is 18.7 Å². The SMILES string of the molecule is CCNC(=O)NC1CCC(OC(=O)C(C)n2c(=O)oc3ccccc32)CC1. The van der Waals surface area contributed by atoms with Crippen molar-refractivity contribution in [1.29, 1.82) is 0 Å². The van der Waals surface area contributed by atoms with Crippen molar-refractivity contribution in [2.75, 3.05) is 6.54 Å². The maximum atomic E-state index is 12.5. The summed E-state index contributed by atoms with van der Waals surface area (Å²) in [7, 11) is 0. The lowest BCUT2D eigenvalue weighted by Crippen LogP contribution is -2.44. The molecule has 0 bridgehead atoms. The van der Waals surface area contributed by atoms with Crippen molar-refractivity contribution in [2.24, 2.45) is 0 Å². The summed E-state index contributed by atoms with van der Waals surface area (Å²) >= 11 is 0. The molecule has 2 N–H and O–H groups in total. The van der Waals surface area contributed by atoms with Gasteiger partial charge in [0.25, 0.3) is 0 Å². The van der Waals surface area contributed by atoms with Crippen LogP contribution in [-0.4, -0.2) is 35.3 Å². The Labute approximate surface area is 156 Å². The second-order valence-electron chi connectivity index (χ2n) is 6.80. The zero-order valence-electron chi connectivity index (χ0n) is 15.6. The van der Waals surface area contributed by atoms with E-state index in [1.165, 1.54) is 4.57 Å². The number of rotatable bonds is 5. The summed E-state index contributed by atoms with van der Waals surface area (Å²) < 4.78 is 12.1. The van der Waals surface area contributed by atoms with E-state index in [1.54, 1.807) is 31.2 Å². The molecule has 1 heterocycles. The number of carbonyl (C=O) groups is 2. The van der Waals surface area contributed by atoms with Crippen LogP contribution in [0.5, 0.6) is 0 Å². The van der Waals surface area contributed by atoms with Crippen LogP contribution >= 0.6 is 0 Å². The van der Waals surface area contributed by atoms with Gasteiger partial charge < -0.3 is 19.8 Å². The molecule has 0 radical (unpaired) electrons. The van der Waals surface area contributed by atoms with Gasteiger partial charge in [-0.15, -0.1) is 0 Å². The van der Waals surface area contributed by atoms with Crippen molar-refractivity contribution in [3.8, 4) is 0 Å². The Balaban J connectivity index is 1.57. The minimum Gasteiger partial charge on any atom is -0.461 e. The van der Waals surface area contributed by atoms with Gasteiger partial charge in [0.05, 0.1) is 5.52 Å². The zero-order valence-corrected chi connectivity index (χ0v) is 15.6. The summed E-state index contributed by atoms with van der Waals surface area (Å²) in [6, 6.07) is 6.13. The highest BCUT2D eigenvalue weighted by molar-refractivity contribution is 5.79. The van der Waals surface area contributed by atoms with Gasteiger partial charge >= 0.3 is 17.8 Å². The molecule has 8 heteroatoms. The number of nitrogens with zero attached hydrogens (tertiary/aromatic N) is 1. The van der Waals surface area contributed by atoms with Gasteiger partial charge in [0.1, 0.15) is 12.1 Å². The summed E-state index contributed by atoms with van der Waals surface area (Å²) in [6.45, 7) is 4.08. The van der Waals surface area contributed by atoms with Gasteiger partial charge in [0.2, 0.25) is 0 Å². The number of oxazole rings is 1. The van der Waals surface area contributed by atoms with Gasteiger partial charge in [-0.2, -0.15) is 0 Å². The fraction of sp³-hybridized carbons (Fsp3) is 0.526. The van der Waals surface area contributed by atoms with Crippen molar-refractivity contribution >= 4 is 23.1 Å². The van der Waals surface area contributed by atoms with Crippen LogP contribution in [0.1, 0.15) is 45.6 Å². The first-order valence-corrected chi connectivity index (χ1v) is 9.34. The van der Waals surface area contributed by atoms with Crippen molar-refractivity contribution in [2.45, 2.75) is 57.7 Å². The van der Waals surface area contributed by atoms with Crippen LogP contribution in [0.3, 0.4) is 0 Å². The number of carbonyl (C=O) groups excluding carboxylic acids is 2. The number of fused-ring (bicyclic) bond motifs is 1. The monoisotopic (exact) mass is 375 g/mol. The lowest BCUT2D eigenvalue weighted by molar-refractivity contribution is -0.154. The number of urea groups is 1. The molecule has 1 saturated carbocycles. The van der Waals surface area contributed by atoms with Crippen LogP contribution in [-0.2, 0) is 9.53 Å². The fourth-order valence-corrected chi connectivity index (χ4v) is 3.44. The third kappa shape index (κ3) is 4.32. The number of ether oxygens (including phenoxy) is 1. The number of amides is 2. The highest BCUT2D eigenvalue weighted by Gasteiger charge is 2.28. The fourth-order valence-electron chi connectivity index (χ4n) is 3.44. The van der Waals surface area contributed by atoms with Crippen molar-refractivity contribution in [3.05, 3.63) is 34.8 Å². The predicted molar refractivity (Wildman–Crippen MR) is 99.5 cm³/mol. The summed E-state index contributed by atoms with van der Waals surface area (Å²) in [6.07, 6.45) is 2.64. The first kappa shape index (κ1) is 19.0. The van der Waals surface area contributed by atoms with Gasteiger partial charge in [-0.05, 0) is 51.7 Å². The minimum absolute atomic E-state index is 0.0874. The quantitative estimate of drug-likeness (QED) is 0.781. The number of esters is 1. The molecule has 146 valence electrons. The van der Waals surface area contributed by atoms with Crippen LogP contribution in [0.25, 0.3) is 11.1 Å². The molecule has 0 saturated heterocycles. The van der Waals surface area contributed by atoms with Gasteiger partial charge in [0.15, 0.2) is 5.58 Å². The van der Waals surface area contributed by atoms with E-state index in [9.17, 15) is 14.4 Å². The molecule has 8 nitrogen and oxygen atoms in total. The maximum Gasteiger partial charge on any atom is 0.420 e. The topological polar surface area (TPSA) is 103 Å². The third-order valence-corrected chi connectivity index (χ3v) is 4.88. The first-order chi connectivity index (χ1) is 13.0. The average molecular weight is 375 g/mol. The lowest BCUT2D eigenvalue weighted by atomic mass is 9.93. The summed E-state index contributed by atoms with van der Waals surface area (Å²) in [5.41, 5.74) is 1.01. The molecule has 1 atom stereocenters. The molecule has 3 rings (SSSR count). The molecule has 2 aromatic rings. The second kappa shape index (κ2) is 8.28. The summed E-state index contributed by atoms with van der Waals surface area (Å²) in [4.78, 5) is 36.2. The summed E-state index contributed by atoms with van der Waals surface area (Å²) in [5.74, 6) is -1.03. The smallest absolute Gasteiger partial charge is 0.420 e. The molecule has 0 spiro atoms. The Morgan fingerprint density at radius 2 is 1.96 bits per heavy atom. The molecular weight excluding hydrogens is 350 g/mol. The molecule has 1 unspecified atom stereocenters. The van der Waals surface area contributed by atoms with Crippen LogP contribution < -0.4 is 16.4 Å². The number of para-hydroxylation sites is 2. The number of hydrogen-bond donors (Lipinski definition) is 2. The highest BCUT2D eigenvalue weighted by atomic mass is 16.5. The van der Waals surface area contributed by atoms with E-state index in [-0.39, 0.29) is 18.2 Å². The van der Waals surface area contributed by atoms with Gasteiger partial charge in [-0.25, -0.2) is 14.4 Å². The average Bonchev–Trinajstić information content (AvgIpc) is 2.98. The van der Waals surface area contributed by atoms with E-state index >= 15 is 0 Å². The number of aromatic nitrogens is 1. The Kier molecular flexibility index (Phi) is 5.83. The molecule has 2 amide bonds. The Bertz CT molecular complexity index is 864. The predicted octanol–water partition coefficient (Wildman–Crippen LogP) is 2.33. The molecule has 1 fully saturated rings. The van der Waals surface area contributed by atoms with E-state index in [0.29, 0.717) is 30.5 Å². The van der Waals surface area contributed by atoms with Crippen LogP contribution in [0.4, 0.5) is 4.79 Å². The van der Waals surface area contributed by atoms with Crippen LogP contribution in [0, 0.1) is 0 Å². The Morgan fingerprint density at radius 1 is 1.26 bits per heavy atom. The van der Waals surface area contributed by atoms with E-state index < -0.39 is 17.8 Å². The molecular formula is C19H25N3O5. The first-order valence-electron chi connectivity index (χ1n) is 9.34. The molecule has 1 aromatic heterocycles. The van der Waals surface area contributed by atoms with E-state index in [0.717, 1.165) is 12.8 Å². The number of benzene rings is 1. The van der Waals surface area contributed by atoms with Crippen molar-refractivity contribution in [3.63, 3.8) is 0 Å². The Morgan fingerprint density at radius 3 is 2.67 bits per heavy atom. The summed E-state index contributed by atoms with van der Waals surface area (Å²) in [5, 5.41) is 5.63. The third-order valence-electron chi connectivity index (χ3n) is 4.88. The van der Waals surface area contributed by atoms with E-state index in [1.807, 2.05) is 6.92 Å². The Hall–Kier alpha value is -2.77. The number of nitrogens with one attached hydrogen (secondary N) is 2. The second-order valence-corrected chi connectivity index (χ2v) is 6.80. The molecule has 1 aromatic carbocycles. The minimum atomic E-state index is -0.771. The zero-order chi connectivity index (χ0) is 19.4. The standard InChI is InChI=1S/C19H25N3O5/c1-3-20-18(24)21-13-8-10-14(11-9-13)26-17(23)12(2)22-15-6-4-5-7-16(15)27-19(22)25/h4-7,12-14H,3,8-11H2,1-2H3,(H2,20,21,24). The van der Waals surface area contributed by atoms with Gasteiger partial charge in [-0.3, -0.25) is 4.57 Å². The largest absolute Gasteiger partial charge is 0.461 e. The van der Waals surface area contributed by atoms with Crippen LogP contribution in [0.15, 0.2) is 33.5 Å². The van der Waals surface area contributed by atoms with Crippen LogP contribution in [0.2, 0.25) is 0 Å². The van der Waals surface area contributed by atoms with Crippen molar-refractivity contribution in [1.82, 2.24) is 15.2 Å². The van der Waals surface area contributed by atoms with Gasteiger partial charge in [0, 0.05) is 12.6 Å².